The molecular weight excluding hydrogens is 257 g/mol. The van der Waals surface area contributed by atoms with E-state index in [2.05, 4.69) is 0 Å². The largest absolute Gasteiger partial charge is 1.00 e. The van der Waals surface area contributed by atoms with Gasteiger partial charge in [0.05, 0.1) is 7.11 Å². The summed E-state index contributed by atoms with van der Waals surface area (Å²) in [4.78, 5) is 0. The van der Waals surface area contributed by atoms with Crippen molar-refractivity contribution < 1.29 is 69.1 Å². The summed E-state index contributed by atoms with van der Waals surface area (Å²) in [7, 11) is 1.52. The van der Waals surface area contributed by atoms with Gasteiger partial charge in [-0.3, -0.25) is 0 Å². The topological polar surface area (TPSA) is 14.2 Å². The number of benzene rings is 1. The molecule has 86 valence electrons. The van der Waals surface area contributed by atoms with Crippen LogP contribution >= 0.6 is 0 Å². The predicted molar refractivity (Wildman–Crippen MR) is 57.6 cm³/mol. The molecule has 0 saturated heterocycles. The molecule has 0 bridgehead atoms. The molecule has 0 fully saturated rings. The fourth-order valence-corrected chi connectivity index (χ4v) is 1.69. The van der Waals surface area contributed by atoms with Crippen LogP contribution in [-0.2, 0) is 6.44 Å². The first kappa shape index (κ1) is 15.1. The molecule has 0 N–H and O–H groups in total. The molecule has 0 aliphatic rings. The average molecular weight is 267 g/mol. The fourth-order valence-electron chi connectivity index (χ4n) is 1.69. The maximum atomic E-state index is 12.3. The zero-order valence-electron chi connectivity index (χ0n) is 9.66. The number of rotatable bonds is 3. The summed E-state index contributed by atoms with van der Waals surface area (Å²) >= 11 is 0. The first-order valence-corrected chi connectivity index (χ1v) is 4.83. The van der Waals surface area contributed by atoms with Crippen LogP contribution in [0.2, 0.25) is 0 Å². The van der Waals surface area contributed by atoms with E-state index in [4.69, 9.17) is 4.74 Å². The molecule has 0 radical (unpaired) electrons. The van der Waals surface area contributed by atoms with E-state index in [0.29, 0.717) is 11.3 Å². The average Bonchev–Trinajstić information content (AvgIpc) is 2.58. The quantitative estimate of drug-likeness (QED) is 0.716. The summed E-state index contributed by atoms with van der Waals surface area (Å²) in [5.41, 5.74) is 0.569. The minimum atomic E-state index is -4.82. The van der Waals surface area contributed by atoms with Gasteiger partial charge in [-0.15, -0.1) is 0 Å². The fraction of sp³-hybridized carbons (Fsp3) is 0.200. The number of halogens is 3. The minimum Gasteiger partial charge on any atom is -0.497 e. The Balaban J connectivity index is 0.00000144. The van der Waals surface area contributed by atoms with Crippen LogP contribution in [0.25, 0.3) is 10.9 Å². The Morgan fingerprint density at radius 3 is 2.53 bits per heavy atom. The molecule has 0 saturated carbocycles. The van der Waals surface area contributed by atoms with E-state index in [0.717, 1.165) is 5.39 Å². The van der Waals surface area contributed by atoms with Gasteiger partial charge in [-0.1, -0.05) is 0 Å². The Labute approximate surface area is 140 Å². The maximum Gasteiger partial charge on any atom is 1.00 e. The van der Waals surface area contributed by atoms with E-state index in [9.17, 15) is 12.9 Å². The standard InChI is InChI=1S/C10H10BF3NO.K/c1-16-9-2-3-10-8(6-9)4-5-15(10)7-11(12,13)14;/h2-6H,7H2,1H3;/q-1;+1. The third-order valence-electron chi connectivity index (χ3n) is 2.38. The van der Waals surface area contributed by atoms with Crippen LogP contribution in [0.5, 0.6) is 5.75 Å². The molecule has 7 heteroatoms. The molecule has 1 heterocycles. The smallest absolute Gasteiger partial charge is 0.497 e. The summed E-state index contributed by atoms with van der Waals surface area (Å²) in [5.74, 6) is 0.641. The van der Waals surface area contributed by atoms with Gasteiger partial charge in [-0.25, -0.2) is 0 Å². The molecule has 17 heavy (non-hydrogen) atoms. The Morgan fingerprint density at radius 1 is 1.24 bits per heavy atom. The number of methoxy groups -OCH3 is 1. The van der Waals surface area contributed by atoms with Crippen molar-refractivity contribution in [1.29, 1.82) is 0 Å². The van der Waals surface area contributed by atoms with Crippen LogP contribution in [-0.4, -0.2) is 18.7 Å². The Hall–Kier alpha value is 0.0513. The summed E-state index contributed by atoms with van der Waals surface area (Å²) in [5, 5.41) is 0.749. The van der Waals surface area contributed by atoms with E-state index in [1.54, 1.807) is 24.3 Å². The number of nitrogens with zero attached hydrogens (tertiary/aromatic N) is 1. The number of aromatic nitrogens is 1. The van der Waals surface area contributed by atoms with Crippen LogP contribution in [0, 0.1) is 0 Å². The molecule has 0 unspecified atom stereocenters. The molecule has 1 aromatic heterocycles. The van der Waals surface area contributed by atoms with Gasteiger partial charge in [0.2, 0.25) is 0 Å². The van der Waals surface area contributed by atoms with Gasteiger partial charge >= 0.3 is 58.4 Å². The third-order valence-corrected chi connectivity index (χ3v) is 2.38. The first-order valence-electron chi connectivity index (χ1n) is 4.83. The van der Waals surface area contributed by atoms with Crippen molar-refractivity contribution in [1.82, 2.24) is 4.57 Å². The van der Waals surface area contributed by atoms with Crippen LogP contribution < -0.4 is 56.1 Å². The van der Waals surface area contributed by atoms with Crippen molar-refractivity contribution in [2.45, 2.75) is 6.44 Å². The van der Waals surface area contributed by atoms with Crippen LogP contribution in [0.4, 0.5) is 12.9 Å². The molecule has 2 nitrogen and oxygen atoms in total. The second-order valence-corrected chi connectivity index (χ2v) is 3.60. The SMILES string of the molecule is COc1ccc2c(ccn2C[B-](F)(F)F)c1.[K+]. The van der Waals surface area contributed by atoms with Gasteiger partial charge in [0.15, 0.2) is 0 Å². The van der Waals surface area contributed by atoms with E-state index in [-0.39, 0.29) is 51.4 Å². The molecule has 0 aliphatic heterocycles. The van der Waals surface area contributed by atoms with Crippen molar-refractivity contribution in [3.63, 3.8) is 0 Å². The number of fused-ring (bicyclic) bond motifs is 1. The van der Waals surface area contributed by atoms with Crippen LogP contribution in [0.3, 0.4) is 0 Å². The minimum absolute atomic E-state index is 0. The summed E-state index contributed by atoms with van der Waals surface area (Å²) in [6.45, 7) is -4.82. The van der Waals surface area contributed by atoms with Gasteiger partial charge in [0.25, 0.3) is 0 Å². The van der Waals surface area contributed by atoms with Crippen LogP contribution in [0.1, 0.15) is 0 Å². The molecule has 0 spiro atoms. The van der Waals surface area contributed by atoms with Crippen molar-refractivity contribution in [3.8, 4) is 5.75 Å². The van der Waals surface area contributed by atoms with Gasteiger partial charge in [-0.2, -0.15) is 0 Å². The first-order chi connectivity index (χ1) is 7.49. The summed E-state index contributed by atoms with van der Waals surface area (Å²) < 4.78 is 43.1. The van der Waals surface area contributed by atoms with Gasteiger partial charge < -0.3 is 22.3 Å². The molecule has 0 aliphatic carbocycles. The van der Waals surface area contributed by atoms with Gasteiger partial charge in [0.1, 0.15) is 5.75 Å². The second kappa shape index (κ2) is 5.79. The van der Waals surface area contributed by atoms with Crippen molar-refractivity contribution in [2.24, 2.45) is 0 Å². The third kappa shape index (κ3) is 3.76. The second-order valence-electron chi connectivity index (χ2n) is 3.60. The maximum absolute atomic E-state index is 12.3. The number of hydrogen-bond acceptors (Lipinski definition) is 1. The number of hydrogen-bond donors (Lipinski definition) is 0. The summed E-state index contributed by atoms with van der Waals surface area (Å²) in [6.07, 6.45) is 0.537. The Bertz CT molecular complexity index is 512. The molecule has 1 aromatic carbocycles. The normalized spacial score (nSPS) is 11.3. The van der Waals surface area contributed by atoms with Gasteiger partial charge in [0, 0.05) is 17.1 Å². The Kier molecular flexibility index (Phi) is 5.15. The molecule has 2 rings (SSSR count). The molecule has 0 amide bonds. The molecular formula is C10H10BF3KNO. The van der Waals surface area contributed by atoms with Crippen molar-refractivity contribution >= 4 is 17.9 Å². The summed E-state index contributed by atoms with van der Waals surface area (Å²) in [6, 6.07) is 6.66. The van der Waals surface area contributed by atoms with E-state index >= 15 is 0 Å². The Morgan fingerprint density at radius 2 is 1.94 bits per heavy atom. The zero-order valence-corrected chi connectivity index (χ0v) is 12.8. The van der Waals surface area contributed by atoms with Crippen molar-refractivity contribution in [2.75, 3.05) is 7.11 Å². The molecule has 2 aromatic rings. The monoisotopic (exact) mass is 267 g/mol. The van der Waals surface area contributed by atoms with E-state index in [1.807, 2.05) is 0 Å². The van der Waals surface area contributed by atoms with Gasteiger partial charge in [-0.05, 0) is 30.7 Å². The predicted octanol–water partition coefficient (Wildman–Crippen LogP) is 0.0405. The van der Waals surface area contributed by atoms with E-state index < -0.39 is 13.4 Å². The van der Waals surface area contributed by atoms with E-state index in [1.165, 1.54) is 17.9 Å². The zero-order chi connectivity index (χ0) is 11.8. The van der Waals surface area contributed by atoms with Crippen LogP contribution in [0.15, 0.2) is 30.5 Å². The van der Waals surface area contributed by atoms with Crippen molar-refractivity contribution in [3.05, 3.63) is 30.5 Å². The number of ether oxygens (including phenoxy) is 1. The molecule has 0 atom stereocenters.